The molecule has 0 saturated heterocycles. The molecule has 11 heavy (non-hydrogen) atoms. The number of hydrogen-bond acceptors (Lipinski definition) is 4. The molecular weight excluding hydrogens is 148 g/mol. The maximum absolute atomic E-state index is 10.4. The van der Waals surface area contributed by atoms with Crippen LogP contribution in [0.2, 0.25) is 0 Å². The molecule has 1 atom stereocenters. The van der Waals surface area contributed by atoms with Crippen LogP contribution in [0.3, 0.4) is 0 Å². The maximum atomic E-state index is 10.4. The van der Waals surface area contributed by atoms with E-state index in [9.17, 15) is 9.59 Å². The molecule has 1 unspecified atom stereocenters. The van der Waals surface area contributed by atoms with Crippen LogP contribution in [0.15, 0.2) is 5.76 Å². The second-order valence-electron chi connectivity index (χ2n) is 2.06. The third kappa shape index (κ3) is 1.90. The number of carbonyl (C=O) groups excluding carboxylic acids is 2. The predicted octanol–water partition coefficient (Wildman–Crippen LogP) is -0.0477. The fraction of sp³-hybridized carbons (Fsp3) is 0.571. The third-order valence-electron chi connectivity index (χ3n) is 1.40. The predicted molar refractivity (Wildman–Crippen MR) is 37.7 cm³/mol. The van der Waals surface area contributed by atoms with Crippen molar-refractivity contribution >= 4 is 12.2 Å². The molecule has 62 valence electrons. The molecular formula is C7H10O4. The monoisotopic (exact) mass is 158 g/mol. The van der Waals surface area contributed by atoms with Gasteiger partial charge in [-0.15, -0.1) is 0 Å². The highest BCUT2D eigenvalue weighted by Gasteiger charge is 2.30. The lowest BCUT2D eigenvalue weighted by Crippen LogP contribution is -2.33. The van der Waals surface area contributed by atoms with Crippen molar-refractivity contribution in [2.75, 3.05) is 14.2 Å². The van der Waals surface area contributed by atoms with E-state index in [4.69, 9.17) is 4.74 Å². The van der Waals surface area contributed by atoms with Gasteiger partial charge >= 0.3 is 0 Å². The minimum atomic E-state index is -1.31. The minimum absolute atomic E-state index is 0.157. The summed E-state index contributed by atoms with van der Waals surface area (Å²) in [4.78, 5) is 20.6. The molecule has 0 amide bonds. The average molecular weight is 158 g/mol. The Morgan fingerprint density at radius 1 is 1.55 bits per heavy atom. The van der Waals surface area contributed by atoms with Gasteiger partial charge in [0.1, 0.15) is 0 Å². The van der Waals surface area contributed by atoms with Crippen molar-refractivity contribution in [2.45, 2.75) is 12.5 Å². The van der Waals surface area contributed by atoms with E-state index in [-0.39, 0.29) is 5.76 Å². The highest BCUT2D eigenvalue weighted by Crippen LogP contribution is 2.15. The van der Waals surface area contributed by atoms with Crippen LogP contribution in [0.25, 0.3) is 0 Å². The lowest BCUT2D eigenvalue weighted by atomic mass is 10.1. The van der Waals surface area contributed by atoms with Crippen LogP contribution in [-0.2, 0) is 19.1 Å². The van der Waals surface area contributed by atoms with Crippen LogP contribution in [0.5, 0.6) is 0 Å². The Balaban J connectivity index is 4.74. The largest absolute Gasteiger partial charge is 0.487 e. The molecule has 0 heterocycles. The Morgan fingerprint density at radius 3 is 2.18 bits per heavy atom. The van der Waals surface area contributed by atoms with Crippen LogP contribution in [0, 0.1) is 0 Å². The molecule has 0 aliphatic heterocycles. The summed E-state index contributed by atoms with van der Waals surface area (Å²) in [6, 6.07) is 0. The molecule has 0 radical (unpaired) electrons. The van der Waals surface area contributed by atoms with Crippen molar-refractivity contribution < 1.29 is 19.1 Å². The first-order valence-corrected chi connectivity index (χ1v) is 2.95. The Morgan fingerprint density at radius 2 is 2.09 bits per heavy atom. The van der Waals surface area contributed by atoms with Gasteiger partial charge in [-0.3, -0.25) is 4.79 Å². The molecule has 0 rings (SSSR count). The van der Waals surface area contributed by atoms with E-state index in [1.54, 1.807) is 0 Å². The number of carbonyl (C=O) groups is 1. The Labute approximate surface area is 64.8 Å². The minimum Gasteiger partial charge on any atom is -0.487 e. The lowest BCUT2D eigenvalue weighted by Gasteiger charge is -2.19. The highest BCUT2D eigenvalue weighted by molar-refractivity contribution is 5.73. The van der Waals surface area contributed by atoms with E-state index in [1.165, 1.54) is 27.1 Å². The fourth-order valence-corrected chi connectivity index (χ4v) is 0.540. The third-order valence-corrected chi connectivity index (χ3v) is 1.40. The van der Waals surface area contributed by atoms with Crippen LogP contribution in [-0.4, -0.2) is 32.0 Å². The molecule has 0 aromatic carbocycles. The van der Waals surface area contributed by atoms with Crippen LogP contribution < -0.4 is 0 Å². The standard InChI is InChI=1S/C7H10O4/c1-7(5-9,11-3)6(4-8)10-2/h5H,1-3H3. The van der Waals surface area contributed by atoms with Gasteiger partial charge < -0.3 is 9.47 Å². The van der Waals surface area contributed by atoms with Gasteiger partial charge in [0.25, 0.3) is 0 Å². The van der Waals surface area contributed by atoms with Crippen LogP contribution in [0.4, 0.5) is 0 Å². The molecule has 4 nitrogen and oxygen atoms in total. The van der Waals surface area contributed by atoms with E-state index in [1.807, 2.05) is 0 Å². The van der Waals surface area contributed by atoms with Crippen molar-refractivity contribution in [2.24, 2.45) is 0 Å². The zero-order valence-corrected chi connectivity index (χ0v) is 6.71. The number of ether oxygens (including phenoxy) is 2. The number of aldehydes is 1. The molecule has 0 N–H and O–H groups in total. The normalized spacial score (nSPS) is 14.5. The van der Waals surface area contributed by atoms with Crippen LogP contribution in [0.1, 0.15) is 6.92 Å². The van der Waals surface area contributed by atoms with E-state index in [0.717, 1.165) is 0 Å². The molecule has 4 heteroatoms. The van der Waals surface area contributed by atoms with Gasteiger partial charge in [-0.2, -0.15) is 0 Å². The summed E-state index contributed by atoms with van der Waals surface area (Å²) in [5.74, 6) is 1.32. The molecule has 0 saturated carbocycles. The zero-order chi connectivity index (χ0) is 8.91. The summed E-state index contributed by atoms with van der Waals surface area (Å²) in [6.07, 6.45) is 0.483. The van der Waals surface area contributed by atoms with Crippen molar-refractivity contribution in [3.8, 4) is 0 Å². The Kier molecular flexibility index (Phi) is 3.51. The highest BCUT2D eigenvalue weighted by atomic mass is 16.5. The van der Waals surface area contributed by atoms with Gasteiger partial charge in [-0.1, -0.05) is 0 Å². The van der Waals surface area contributed by atoms with E-state index in [0.29, 0.717) is 6.29 Å². The van der Waals surface area contributed by atoms with E-state index < -0.39 is 5.60 Å². The SMILES string of the molecule is COC(=C=O)C(C)(C=O)OC. The number of rotatable bonds is 4. The Hall–Kier alpha value is -1.12. The number of hydrogen-bond donors (Lipinski definition) is 0. The summed E-state index contributed by atoms with van der Waals surface area (Å²) >= 11 is 0. The second kappa shape index (κ2) is 3.91. The zero-order valence-electron chi connectivity index (χ0n) is 6.71. The molecule has 0 aromatic rings. The summed E-state index contributed by atoms with van der Waals surface area (Å²) in [5, 5.41) is 0. The molecule has 0 aliphatic rings. The lowest BCUT2D eigenvalue weighted by molar-refractivity contribution is -0.125. The summed E-state index contributed by atoms with van der Waals surface area (Å²) in [5.41, 5.74) is -1.31. The quantitative estimate of drug-likeness (QED) is 0.327. The summed E-state index contributed by atoms with van der Waals surface area (Å²) in [7, 11) is 2.59. The van der Waals surface area contributed by atoms with Gasteiger partial charge in [0.05, 0.1) is 7.11 Å². The van der Waals surface area contributed by atoms with Gasteiger partial charge in [-0.25, -0.2) is 4.79 Å². The maximum Gasteiger partial charge on any atom is 0.218 e. The van der Waals surface area contributed by atoms with E-state index >= 15 is 0 Å². The first-order valence-electron chi connectivity index (χ1n) is 2.95. The van der Waals surface area contributed by atoms with Gasteiger partial charge in [0, 0.05) is 7.11 Å². The van der Waals surface area contributed by atoms with Crippen molar-refractivity contribution in [3.63, 3.8) is 0 Å². The van der Waals surface area contributed by atoms with Crippen LogP contribution >= 0.6 is 0 Å². The Bertz CT molecular complexity index is 193. The summed E-state index contributed by atoms with van der Waals surface area (Å²) < 4.78 is 9.32. The molecule has 0 bridgehead atoms. The van der Waals surface area contributed by atoms with Crippen molar-refractivity contribution in [1.29, 1.82) is 0 Å². The van der Waals surface area contributed by atoms with Gasteiger partial charge in [0.2, 0.25) is 5.76 Å². The summed E-state index contributed by atoms with van der Waals surface area (Å²) in [6.45, 7) is 1.42. The first kappa shape index (κ1) is 9.88. The van der Waals surface area contributed by atoms with Crippen molar-refractivity contribution in [3.05, 3.63) is 5.76 Å². The van der Waals surface area contributed by atoms with Crippen molar-refractivity contribution in [1.82, 2.24) is 0 Å². The molecule has 0 aliphatic carbocycles. The van der Waals surface area contributed by atoms with Gasteiger partial charge in [-0.05, 0) is 6.92 Å². The first-order chi connectivity index (χ1) is 5.14. The molecule has 0 aromatic heterocycles. The number of methoxy groups -OCH3 is 2. The fourth-order valence-electron chi connectivity index (χ4n) is 0.540. The smallest absolute Gasteiger partial charge is 0.218 e. The van der Waals surface area contributed by atoms with E-state index in [2.05, 4.69) is 4.74 Å². The van der Waals surface area contributed by atoms with Gasteiger partial charge in [0.15, 0.2) is 17.8 Å². The molecule has 0 spiro atoms. The second-order valence-corrected chi connectivity index (χ2v) is 2.06. The average Bonchev–Trinajstić information content (AvgIpc) is 2.06. The topological polar surface area (TPSA) is 52.6 Å². The molecule has 0 fully saturated rings.